The highest BCUT2D eigenvalue weighted by Gasteiger charge is 2.19. The van der Waals surface area contributed by atoms with Crippen LogP contribution in [0.3, 0.4) is 0 Å². The first-order valence-electron chi connectivity index (χ1n) is 9.07. The van der Waals surface area contributed by atoms with Gasteiger partial charge in [-0.1, -0.05) is 29.8 Å². The maximum Gasteiger partial charge on any atom is 0.350 e. The van der Waals surface area contributed by atoms with E-state index in [9.17, 15) is 9.59 Å². The Morgan fingerprint density at radius 3 is 2.48 bits per heavy atom. The number of anilines is 1. The summed E-state index contributed by atoms with van der Waals surface area (Å²) in [5, 5.41) is 3.80. The number of ether oxygens (including phenoxy) is 3. The number of benzene rings is 2. The number of halogens is 1. The summed E-state index contributed by atoms with van der Waals surface area (Å²) in [5.41, 5.74) is 0.512. The van der Waals surface area contributed by atoms with Gasteiger partial charge in [-0.25, -0.2) is 4.79 Å². The van der Waals surface area contributed by atoms with Gasteiger partial charge in [0, 0.05) is 21.8 Å². The third-order valence-electron chi connectivity index (χ3n) is 3.88. The summed E-state index contributed by atoms with van der Waals surface area (Å²) in [4.78, 5) is 24.8. The van der Waals surface area contributed by atoms with E-state index < -0.39 is 18.5 Å². The van der Waals surface area contributed by atoms with Gasteiger partial charge in [-0.05, 0) is 32.0 Å². The molecule has 0 saturated heterocycles. The van der Waals surface area contributed by atoms with Gasteiger partial charge in [0.1, 0.15) is 4.88 Å². The van der Waals surface area contributed by atoms with Crippen molar-refractivity contribution in [1.82, 2.24) is 0 Å². The topological polar surface area (TPSA) is 73.9 Å². The van der Waals surface area contributed by atoms with Crippen molar-refractivity contribution in [2.75, 3.05) is 25.1 Å². The number of esters is 1. The number of nitrogens with one attached hydrogen (secondary N) is 1. The Morgan fingerprint density at radius 1 is 1.03 bits per heavy atom. The van der Waals surface area contributed by atoms with Crippen molar-refractivity contribution in [3.8, 4) is 11.5 Å². The molecule has 0 radical (unpaired) electrons. The van der Waals surface area contributed by atoms with Crippen molar-refractivity contribution in [2.45, 2.75) is 13.8 Å². The van der Waals surface area contributed by atoms with Gasteiger partial charge in [-0.3, -0.25) is 4.79 Å². The van der Waals surface area contributed by atoms with Gasteiger partial charge >= 0.3 is 5.97 Å². The molecule has 3 aromatic rings. The molecule has 0 aliphatic heterocycles. The van der Waals surface area contributed by atoms with Crippen LogP contribution in [-0.2, 0) is 9.53 Å². The Labute approximate surface area is 177 Å². The molecule has 0 atom stereocenters. The molecule has 0 bridgehead atoms. The Balaban J connectivity index is 1.62. The zero-order valence-corrected chi connectivity index (χ0v) is 17.6. The monoisotopic (exact) mass is 433 g/mol. The maximum absolute atomic E-state index is 12.3. The van der Waals surface area contributed by atoms with Gasteiger partial charge in [0.15, 0.2) is 18.1 Å². The highest BCUT2D eigenvalue weighted by molar-refractivity contribution is 7.21. The molecule has 3 rings (SSSR count). The molecular weight excluding hydrogens is 414 g/mol. The van der Waals surface area contributed by atoms with Crippen LogP contribution in [0.2, 0.25) is 5.02 Å². The lowest BCUT2D eigenvalue weighted by Gasteiger charge is -2.13. The summed E-state index contributed by atoms with van der Waals surface area (Å²) in [6.45, 7) is 4.27. The Morgan fingerprint density at radius 2 is 1.76 bits per heavy atom. The molecular formula is C21H20ClNO5S. The number of fused-ring (bicyclic) bond motifs is 1. The van der Waals surface area contributed by atoms with E-state index in [-0.39, 0.29) is 4.88 Å². The van der Waals surface area contributed by atoms with Crippen LogP contribution < -0.4 is 14.8 Å². The molecule has 2 aromatic carbocycles. The summed E-state index contributed by atoms with van der Waals surface area (Å²) >= 11 is 7.50. The molecule has 152 valence electrons. The van der Waals surface area contributed by atoms with E-state index in [0.29, 0.717) is 35.4 Å². The molecule has 0 aliphatic carbocycles. The normalized spacial score (nSPS) is 10.6. The maximum atomic E-state index is 12.3. The summed E-state index contributed by atoms with van der Waals surface area (Å²) in [7, 11) is 0. The Hall–Kier alpha value is -2.77. The average molecular weight is 434 g/mol. The molecule has 1 N–H and O–H groups in total. The largest absolute Gasteiger partial charge is 0.490 e. The zero-order valence-electron chi connectivity index (χ0n) is 16.0. The fourth-order valence-electron chi connectivity index (χ4n) is 2.67. The summed E-state index contributed by atoms with van der Waals surface area (Å²) < 4.78 is 17.0. The van der Waals surface area contributed by atoms with E-state index >= 15 is 0 Å². The van der Waals surface area contributed by atoms with Crippen LogP contribution in [-0.4, -0.2) is 31.7 Å². The second-order valence-electron chi connectivity index (χ2n) is 5.89. The van der Waals surface area contributed by atoms with Crippen molar-refractivity contribution < 1.29 is 23.8 Å². The van der Waals surface area contributed by atoms with Gasteiger partial charge in [-0.2, -0.15) is 0 Å². The van der Waals surface area contributed by atoms with Crippen LogP contribution in [0, 0.1) is 0 Å². The lowest BCUT2D eigenvalue weighted by atomic mass is 10.2. The van der Waals surface area contributed by atoms with Crippen LogP contribution in [0.15, 0.2) is 42.5 Å². The lowest BCUT2D eigenvalue weighted by Crippen LogP contribution is -2.20. The molecule has 0 spiro atoms. The van der Waals surface area contributed by atoms with Crippen molar-refractivity contribution in [3.63, 3.8) is 0 Å². The van der Waals surface area contributed by atoms with Gasteiger partial charge in [0.05, 0.1) is 18.2 Å². The van der Waals surface area contributed by atoms with Crippen LogP contribution in [0.5, 0.6) is 11.5 Å². The number of thiophene rings is 1. The number of hydrogen-bond acceptors (Lipinski definition) is 6. The first kappa shape index (κ1) is 21.0. The van der Waals surface area contributed by atoms with Crippen molar-refractivity contribution in [1.29, 1.82) is 0 Å². The molecule has 0 saturated carbocycles. The Kier molecular flexibility index (Phi) is 6.95. The van der Waals surface area contributed by atoms with E-state index in [1.165, 1.54) is 11.3 Å². The first-order valence-corrected chi connectivity index (χ1v) is 10.3. The zero-order chi connectivity index (χ0) is 20.8. The summed E-state index contributed by atoms with van der Waals surface area (Å²) in [6.07, 6.45) is 0. The minimum atomic E-state index is -0.631. The molecule has 29 heavy (non-hydrogen) atoms. The third-order valence-corrected chi connectivity index (χ3v) is 5.54. The predicted octanol–water partition coefficient (Wildman–Crippen LogP) is 5.15. The average Bonchev–Trinajstić information content (AvgIpc) is 3.05. The number of carbonyl (C=O) groups excluding carboxylic acids is 2. The number of hydrogen-bond donors (Lipinski definition) is 1. The molecule has 1 aromatic heterocycles. The first-order chi connectivity index (χ1) is 14.0. The minimum absolute atomic E-state index is 0.278. The van der Waals surface area contributed by atoms with Crippen LogP contribution in [0.4, 0.5) is 5.69 Å². The van der Waals surface area contributed by atoms with Crippen molar-refractivity contribution in [3.05, 3.63) is 52.4 Å². The van der Waals surface area contributed by atoms with Crippen LogP contribution >= 0.6 is 22.9 Å². The second-order valence-corrected chi connectivity index (χ2v) is 7.32. The second kappa shape index (κ2) is 9.62. The molecule has 6 nitrogen and oxygen atoms in total. The van der Waals surface area contributed by atoms with Crippen molar-refractivity contribution >= 4 is 50.6 Å². The molecule has 0 fully saturated rings. The molecule has 1 amide bonds. The van der Waals surface area contributed by atoms with Crippen LogP contribution in [0.25, 0.3) is 10.1 Å². The van der Waals surface area contributed by atoms with Gasteiger partial charge in [0.25, 0.3) is 5.91 Å². The standard InChI is InChI=1S/C21H20ClNO5S/c1-3-26-15-10-9-13(11-16(15)27-4-2)23-18(24)12-28-21(25)20-19(22)14-7-5-6-8-17(14)29-20/h5-11H,3-4,12H2,1-2H3,(H,23,24). The molecule has 0 unspecified atom stereocenters. The Bertz CT molecular complexity index is 1030. The fraction of sp³-hybridized carbons (Fsp3) is 0.238. The number of carbonyl (C=O) groups is 2. The van der Waals surface area contributed by atoms with Gasteiger partial charge < -0.3 is 19.5 Å². The smallest absolute Gasteiger partial charge is 0.350 e. The number of amides is 1. The highest BCUT2D eigenvalue weighted by atomic mass is 35.5. The van der Waals surface area contributed by atoms with Gasteiger partial charge in [0.2, 0.25) is 0 Å². The van der Waals surface area contributed by atoms with E-state index in [1.54, 1.807) is 18.2 Å². The molecule has 8 heteroatoms. The molecule has 0 aliphatic rings. The number of rotatable bonds is 8. The quantitative estimate of drug-likeness (QED) is 0.497. The fourth-order valence-corrected chi connectivity index (χ4v) is 4.07. The van der Waals surface area contributed by atoms with E-state index in [1.807, 2.05) is 38.1 Å². The summed E-state index contributed by atoms with van der Waals surface area (Å²) in [5.74, 6) is 0.0228. The van der Waals surface area contributed by atoms with E-state index in [2.05, 4.69) is 5.32 Å². The highest BCUT2D eigenvalue weighted by Crippen LogP contribution is 2.35. The van der Waals surface area contributed by atoms with Crippen molar-refractivity contribution in [2.24, 2.45) is 0 Å². The predicted molar refractivity (Wildman–Crippen MR) is 115 cm³/mol. The minimum Gasteiger partial charge on any atom is -0.490 e. The lowest BCUT2D eigenvalue weighted by molar-refractivity contribution is -0.119. The van der Waals surface area contributed by atoms with Crippen LogP contribution in [0.1, 0.15) is 23.5 Å². The molecule has 1 heterocycles. The SMILES string of the molecule is CCOc1ccc(NC(=O)COC(=O)c2sc3ccccc3c2Cl)cc1OCC. The third kappa shape index (κ3) is 4.99. The van der Waals surface area contributed by atoms with E-state index in [0.717, 1.165) is 10.1 Å². The summed E-state index contributed by atoms with van der Waals surface area (Å²) in [6, 6.07) is 12.5. The van der Waals surface area contributed by atoms with E-state index in [4.69, 9.17) is 25.8 Å². The van der Waals surface area contributed by atoms with Gasteiger partial charge in [-0.15, -0.1) is 11.3 Å².